The van der Waals surface area contributed by atoms with Crippen LogP contribution in [0.25, 0.3) is 11.0 Å². The number of nitrogens with zero attached hydrogens (tertiary/aromatic N) is 2. The summed E-state index contributed by atoms with van der Waals surface area (Å²) in [5.74, 6) is -0.845. The fourth-order valence-corrected chi connectivity index (χ4v) is 2.05. The second kappa shape index (κ2) is 5.81. The molecular weight excluding hydrogens is 310 g/mol. The van der Waals surface area contributed by atoms with E-state index >= 15 is 0 Å². The molecule has 0 saturated heterocycles. The van der Waals surface area contributed by atoms with E-state index in [1.165, 1.54) is 0 Å². The first-order chi connectivity index (χ1) is 10.9. The Bertz CT molecular complexity index is 794. The predicted octanol–water partition coefficient (Wildman–Crippen LogP) is 3.36. The SMILES string of the molecule is CC(C)(C)OC(=O)c1nc2cc(N)ccc2n1C(=O)OC(C)(C)C. The van der Waals surface area contributed by atoms with Gasteiger partial charge in [-0.1, -0.05) is 0 Å². The molecule has 0 unspecified atom stereocenters. The predicted molar refractivity (Wildman–Crippen MR) is 90.9 cm³/mol. The van der Waals surface area contributed by atoms with Crippen LogP contribution < -0.4 is 5.73 Å². The molecular formula is C17H23N3O4. The lowest BCUT2D eigenvalue weighted by Gasteiger charge is -2.21. The van der Waals surface area contributed by atoms with Crippen LogP contribution in [0.15, 0.2) is 18.2 Å². The smallest absolute Gasteiger partial charge is 0.420 e. The molecule has 7 nitrogen and oxygen atoms in total. The standard InChI is InChI=1S/C17H23N3O4/c1-16(2,3)23-14(21)13-19-11-9-10(18)7-8-12(11)20(13)15(22)24-17(4,5)6/h7-9H,18H2,1-6H3. The van der Waals surface area contributed by atoms with Crippen molar-refractivity contribution in [1.82, 2.24) is 9.55 Å². The lowest BCUT2D eigenvalue weighted by atomic mass is 10.2. The summed E-state index contributed by atoms with van der Waals surface area (Å²) in [6, 6.07) is 4.84. The fourth-order valence-electron chi connectivity index (χ4n) is 2.05. The van der Waals surface area contributed by atoms with Gasteiger partial charge < -0.3 is 15.2 Å². The van der Waals surface area contributed by atoms with Crippen LogP contribution in [0.1, 0.15) is 52.2 Å². The maximum Gasteiger partial charge on any atom is 0.420 e. The number of ether oxygens (including phenoxy) is 2. The lowest BCUT2D eigenvalue weighted by Crippen LogP contribution is -2.31. The summed E-state index contributed by atoms with van der Waals surface area (Å²) in [4.78, 5) is 29.3. The van der Waals surface area contributed by atoms with Gasteiger partial charge in [-0.2, -0.15) is 0 Å². The number of imidazole rings is 1. The highest BCUT2D eigenvalue weighted by molar-refractivity contribution is 5.98. The van der Waals surface area contributed by atoms with E-state index < -0.39 is 23.3 Å². The first-order valence-electron chi connectivity index (χ1n) is 7.62. The Kier molecular flexibility index (Phi) is 4.31. The maximum atomic E-state index is 12.6. The highest BCUT2D eigenvalue weighted by Gasteiger charge is 2.29. The van der Waals surface area contributed by atoms with Crippen LogP contribution in [0.2, 0.25) is 0 Å². The van der Waals surface area contributed by atoms with Crippen molar-refractivity contribution < 1.29 is 19.1 Å². The molecule has 2 N–H and O–H groups in total. The summed E-state index contributed by atoms with van der Waals surface area (Å²) >= 11 is 0. The van der Waals surface area contributed by atoms with Crippen molar-refractivity contribution in [2.75, 3.05) is 5.73 Å². The van der Waals surface area contributed by atoms with Gasteiger partial charge in [0.25, 0.3) is 0 Å². The van der Waals surface area contributed by atoms with E-state index in [9.17, 15) is 9.59 Å². The molecule has 0 atom stereocenters. The van der Waals surface area contributed by atoms with Gasteiger partial charge in [0.05, 0.1) is 11.0 Å². The topological polar surface area (TPSA) is 96.4 Å². The van der Waals surface area contributed by atoms with Gasteiger partial charge in [-0.15, -0.1) is 0 Å². The van der Waals surface area contributed by atoms with E-state index in [4.69, 9.17) is 15.2 Å². The molecule has 0 saturated carbocycles. The summed E-state index contributed by atoms with van der Waals surface area (Å²) in [6.45, 7) is 10.5. The number of fused-ring (bicyclic) bond motifs is 1. The minimum absolute atomic E-state index is 0.139. The van der Waals surface area contributed by atoms with Crippen molar-refractivity contribution in [1.29, 1.82) is 0 Å². The molecule has 2 rings (SSSR count). The van der Waals surface area contributed by atoms with Crippen molar-refractivity contribution >= 4 is 28.8 Å². The Labute approximate surface area is 140 Å². The Balaban J connectivity index is 2.59. The summed E-state index contributed by atoms with van der Waals surface area (Å²) in [6.07, 6.45) is -0.698. The Morgan fingerprint density at radius 2 is 1.62 bits per heavy atom. The second-order valence-corrected chi connectivity index (χ2v) is 7.50. The molecule has 0 aliphatic rings. The number of nitrogen functional groups attached to an aromatic ring is 1. The fraction of sp³-hybridized carbons (Fsp3) is 0.471. The normalized spacial score (nSPS) is 12.2. The number of anilines is 1. The first-order valence-corrected chi connectivity index (χ1v) is 7.62. The minimum Gasteiger partial charge on any atom is -0.454 e. The third-order valence-corrected chi connectivity index (χ3v) is 2.84. The first kappa shape index (κ1) is 17.8. The van der Waals surface area contributed by atoms with Gasteiger partial charge in [-0.25, -0.2) is 19.1 Å². The monoisotopic (exact) mass is 333 g/mol. The van der Waals surface area contributed by atoms with Gasteiger partial charge in [-0.05, 0) is 59.7 Å². The molecule has 1 heterocycles. The molecule has 0 bridgehead atoms. The number of aromatic nitrogens is 2. The molecule has 2 aromatic rings. The zero-order valence-electron chi connectivity index (χ0n) is 14.8. The quantitative estimate of drug-likeness (QED) is 0.635. The van der Waals surface area contributed by atoms with Gasteiger partial charge in [0.2, 0.25) is 5.82 Å². The number of carbonyl (C=O) groups excluding carboxylic acids is 2. The zero-order valence-corrected chi connectivity index (χ0v) is 14.8. The molecule has 0 fully saturated rings. The van der Waals surface area contributed by atoms with Crippen LogP contribution in [0.3, 0.4) is 0 Å². The second-order valence-electron chi connectivity index (χ2n) is 7.50. The summed E-state index contributed by atoms with van der Waals surface area (Å²) < 4.78 is 11.8. The van der Waals surface area contributed by atoms with Gasteiger partial charge in [0, 0.05) is 5.69 Å². The molecule has 24 heavy (non-hydrogen) atoms. The number of hydrogen-bond donors (Lipinski definition) is 1. The largest absolute Gasteiger partial charge is 0.454 e. The van der Waals surface area contributed by atoms with Crippen molar-refractivity contribution in [2.24, 2.45) is 0 Å². The van der Waals surface area contributed by atoms with Crippen molar-refractivity contribution in [3.05, 3.63) is 24.0 Å². The van der Waals surface area contributed by atoms with Crippen molar-refractivity contribution in [3.8, 4) is 0 Å². The molecule has 7 heteroatoms. The molecule has 0 spiro atoms. The van der Waals surface area contributed by atoms with E-state index in [0.717, 1.165) is 4.57 Å². The van der Waals surface area contributed by atoms with Gasteiger partial charge in [0.1, 0.15) is 11.2 Å². The third kappa shape index (κ3) is 4.04. The average Bonchev–Trinajstić information content (AvgIpc) is 2.73. The molecule has 0 amide bonds. The van der Waals surface area contributed by atoms with E-state index in [1.54, 1.807) is 59.7 Å². The van der Waals surface area contributed by atoms with Crippen LogP contribution in [0.4, 0.5) is 10.5 Å². The van der Waals surface area contributed by atoms with Gasteiger partial charge in [0.15, 0.2) is 0 Å². The number of nitrogens with two attached hydrogens (primary N) is 1. The van der Waals surface area contributed by atoms with Gasteiger partial charge in [-0.3, -0.25) is 0 Å². The third-order valence-electron chi connectivity index (χ3n) is 2.84. The van der Waals surface area contributed by atoms with Crippen molar-refractivity contribution in [3.63, 3.8) is 0 Å². The number of rotatable bonds is 1. The van der Waals surface area contributed by atoms with Crippen LogP contribution >= 0.6 is 0 Å². The van der Waals surface area contributed by atoms with E-state index in [-0.39, 0.29) is 5.82 Å². The van der Waals surface area contributed by atoms with Gasteiger partial charge >= 0.3 is 12.1 Å². The van der Waals surface area contributed by atoms with Crippen LogP contribution in [-0.4, -0.2) is 32.8 Å². The average molecular weight is 333 g/mol. The minimum atomic E-state index is -0.716. The van der Waals surface area contributed by atoms with Crippen LogP contribution in [0, 0.1) is 0 Å². The summed E-state index contributed by atoms with van der Waals surface area (Å²) in [5, 5.41) is 0. The molecule has 1 aromatic heterocycles. The Hall–Kier alpha value is -2.57. The number of hydrogen-bond acceptors (Lipinski definition) is 6. The van der Waals surface area contributed by atoms with Crippen LogP contribution in [-0.2, 0) is 9.47 Å². The van der Waals surface area contributed by atoms with E-state index in [1.807, 2.05) is 0 Å². The summed E-state index contributed by atoms with van der Waals surface area (Å²) in [5.41, 5.74) is 5.65. The zero-order chi connectivity index (χ0) is 18.3. The molecule has 0 aliphatic heterocycles. The van der Waals surface area contributed by atoms with Crippen LogP contribution in [0.5, 0.6) is 0 Å². The highest BCUT2D eigenvalue weighted by atomic mass is 16.6. The Morgan fingerprint density at radius 1 is 1.04 bits per heavy atom. The Morgan fingerprint density at radius 3 is 2.17 bits per heavy atom. The number of esters is 1. The molecule has 1 aromatic carbocycles. The summed E-state index contributed by atoms with van der Waals surface area (Å²) in [7, 11) is 0. The molecule has 0 aliphatic carbocycles. The highest BCUT2D eigenvalue weighted by Crippen LogP contribution is 2.23. The van der Waals surface area contributed by atoms with Crippen molar-refractivity contribution in [2.45, 2.75) is 52.7 Å². The number of benzene rings is 1. The molecule has 0 radical (unpaired) electrons. The van der Waals surface area contributed by atoms with E-state index in [0.29, 0.717) is 16.7 Å². The number of carbonyl (C=O) groups is 2. The van der Waals surface area contributed by atoms with E-state index in [2.05, 4.69) is 4.98 Å². The maximum absolute atomic E-state index is 12.6. The molecule has 130 valence electrons. The lowest BCUT2D eigenvalue weighted by molar-refractivity contribution is 0.00427.